The Morgan fingerprint density at radius 1 is 1.32 bits per heavy atom. The number of halogens is 1. The van der Waals surface area contributed by atoms with E-state index in [0.717, 1.165) is 75.8 Å². The lowest BCUT2D eigenvalue weighted by molar-refractivity contribution is -0.0367. The number of nitrogens with zero attached hydrogens (tertiary/aromatic N) is 2. The third kappa shape index (κ3) is 6.00. The number of nitrogens with one attached hydrogen (secondary N) is 1. The fourth-order valence-electron chi connectivity index (χ4n) is 3.69. The molecule has 28 heavy (non-hydrogen) atoms. The summed E-state index contributed by atoms with van der Waals surface area (Å²) in [6.07, 6.45) is 4.94. The van der Waals surface area contributed by atoms with Gasteiger partial charge in [0.05, 0.1) is 32.5 Å². The van der Waals surface area contributed by atoms with Crippen LogP contribution in [0.2, 0.25) is 5.02 Å². The van der Waals surface area contributed by atoms with Gasteiger partial charge in [-0.1, -0.05) is 17.7 Å². The van der Waals surface area contributed by atoms with E-state index in [0.29, 0.717) is 23.8 Å². The highest BCUT2D eigenvalue weighted by Crippen LogP contribution is 2.24. The molecule has 0 bridgehead atoms. The van der Waals surface area contributed by atoms with Gasteiger partial charge in [0.2, 0.25) is 0 Å². The Bertz CT molecular complexity index is 642. The van der Waals surface area contributed by atoms with E-state index in [1.807, 2.05) is 18.2 Å². The normalized spacial score (nSPS) is 21.2. The standard InChI is InChI=1S/C21H32ClN3O3/c1-3-23-21(24-14-16-6-7-17(22)13-20(16)26-2)25-10-8-18(9-11-25)28-15-19-5-4-12-27-19/h6-7,13,18-19H,3-5,8-12,14-15H2,1-2H3,(H,23,24). The first-order valence-electron chi connectivity index (χ1n) is 10.3. The van der Waals surface area contributed by atoms with E-state index in [1.54, 1.807) is 7.11 Å². The van der Waals surface area contributed by atoms with Crippen molar-refractivity contribution < 1.29 is 14.2 Å². The number of benzene rings is 1. The van der Waals surface area contributed by atoms with E-state index in [9.17, 15) is 0 Å². The molecule has 0 aliphatic carbocycles. The van der Waals surface area contributed by atoms with Gasteiger partial charge in [0.25, 0.3) is 0 Å². The predicted molar refractivity (Wildman–Crippen MR) is 112 cm³/mol. The maximum Gasteiger partial charge on any atom is 0.194 e. The Morgan fingerprint density at radius 3 is 2.82 bits per heavy atom. The first-order chi connectivity index (χ1) is 13.7. The summed E-state index contributed by atoms with van der Waals surface area (Å²) in [6, 6.07) is 5.67. The molecule has 3 rings (SSSR count). The number of aliphatic imine (C=N–C) groups is 1. The van der Waals surface area contributed by atoms with Crippen LogP contribution in [0.3, 0.4) is 0 Å². The second-order valence-corrected chi connectivity index (χ2v) is 7.72. The van der Waals surface area contributed by atoms with E-state index in [-0.39, 0.29) is 0 Å². The lowest BCUT2D eigenvalue weighted by Crippen LogP contribution is -2.47. The molecule has 2 aliphatic heterocycles. The van der Waals surface area contributed by atoms with E-state index in [1.165, 1.54) is 0 Å². The molecule has 0 spiro atoms. The minimum atomic E-state index is 0.297. The summed E-state index contributed by atoms with van der Waals surface area (Å²) < 4.78 is 17.2. The Hall–Kier alpha value is -1.50. The van der Waals surface area contributed by atoms with Crippen LogP contribution in [0.15, 0.2) is 23.2 Å². The SMILES string of the molecule is CCNC(=NCc1ccc(Cl)cc1OC)N1CCC(OCC2CCCO2)CC1. The molecular formula is C21H32ClN3O3. The number of hydrogen-bond donors (Lipinski definition) is 1. The summed E-state index contributed by atoms with van der Waals surface area (Å²) in [6.45, 7) is 6.99. The molecule has 0 saturated carbocycles. The Labute approximate surface area is 173 Å². The molecule has 2 heterocycles. The van der Waals surface area contributed by atoms with Gasteiger partial charge in [0.1, 0.15) is 5.75 Å². The summed E-state index contributed by atoms with van der Waals surface area (Å²) in [7, 11) is 1.66. The summed E-state index contributed by atoms with van der Waals surface area (Å²) in [5.74, 6) is 1.71. The van der Waals surface area contributed by atoms with E-state index >= 15 is 0 Å². The molecule has 7 heteroatoms. The molecule has 156 valence electrons. The maximum atomic E-state index is 6.08. The van der Waals surface area contributed by atoms with Gasteiger partial charge in [-0.3, -0.25) is 0 Å². The zero-order valence-electron chi connectivity index (χ0n) is 17.0. The van der Waals surface area contributed by atoms with Gasteiger partial charge in [0.15, 0.2) is 5.96 Å². The third-order valence-electron chi connectivity index (χ3n) is 5.27. The van der Waals surface area contributed by atoms with Gasteiger partial charge in [-0.25, -0.2) is 4.99 Å². The fourth-order valence-corrected chi connectivity index (χ4v) is 3.85. The molecule has 6 nitrogen and oxygen atoms in total. The number of methoxy groups -OCH3 is 1. The minimum Gasteiger partial charge on any atom is -0.496 e. The Kier molecular flexibility index (Phi) is 8.25. The predicted octanol–water partition coefficient (Wildman–Crippen LogP) is 3.47. The number of hydrogen-bond acceptors (Lipinski definition) is 4. The van der Waals surface area contributed by atoms with E-state index in [2.05, 4.69) is 17.1 Å². The number of likely N-dealkylation sites (tertiary alicyclic amines) is 1. The smallest absolute Gasteiger partial charge is 0.194 e. The van der Waals surface area contributed by atoms with Crippen molar-refractivity contribution in [3.63, 3.8) is 0 Å². The molecule has 1 unspecified atom stereocenters. The van der Waals surface area contributed by atoms with Gasteiger partial charge in [-0.05, 0) is 44.7 Å². The van der Waals surface area contributed by atoms with Crippen molar-refractivity contribution in [3.8, 4) is 5.75 Å². The van der Waals surface area contributed by atoms with Crippen LogP contribution in [0, 0.1) is 0 Å². The average Bonchev–Trinajstić information content (AvgIpc) is 3.24. The lowest BCUT2D eigenvalue weighted by atomic mass is 10.1. The van der Waals surface area contributed by atoms with Gasteiger partial charge >= 0.3 is 0 Å². The second-order valence-electron chi connectivity index (χ2n) is 7.28. The molecule has 1 aromatic carbocycles. The Morgan fingerprint density at radius 2 is 2.14 bits per heavy atom. The highest BCUT2D eigenvalue weighted by Gasteiger charge is 2.24. The van der Waals surface area contributed by atoms with Crippen LogP contribution in [0.25, 0.3) is 0 Å². The van der Waals surface area contributed by atoms with Gasteiger partial charge in [0, 0.05) is 36.8 Å². The average molecular weight is 410 g/mol. The molecule has 1 aromatic rings. The van der Waals surface area contributed by atoms with Crippen LogP contribution in [-0.2, 0) is 16.0 Å². The molecule has 0 radical (unpaired) electrons. The van der Waals surface area contributed by atoms with Crippen molar-refractivity contribution in [1.82, 2.24) is 10.2 Å². The summed E-state index contributed by atoms with van der Waals surface area (Å²) in [4.78, 5) is 7.14. The quantitative estimate of drug-likeness (QED) is 0.552. The zero-order chi connectivity index (χ0) is 19.8. The van der Waals surface area contributed by atoms with Gasteiger partial charge in [-0.15, -0.1) is 0 Å². The van der Waals surface area contributed by atoms with Crippen molar-refractivity contribution in [2.45, 2.75) is 51.4 Å². The lowest BCUT2D eigenvalue weighted by Gasteiger charge is -2.34. The first-order valence-corrected chi connectivity index (χ1v) is 10.7. The second kappa shape index (κ2) is 10.9. The van der Waals surface area contributed by atoms with Crippen LogP contribution in [0.1, 0.15) is 38.2 Å². The molecule has 2 fully saturated rings. The van der Waals surface area contributed by atoms with Crippen molar-refractivity contribution >= 4 is 17.6 Å². The number of rotatable bonds is 7. The minimum absolute atomic E-state index is 0.297. The van der Waals surface area contributed by atoms with Gasteiger partial charge in [-0.2, -0.15) is 0 Å². The summed E-state index contributed by atoms with van der Waals surface area (Å²) in [5.41, 5.74) is 1.03. The first kappa shape index (κ1) is 21.2. The number of piperidine rings is 1. The topological polar surface area (TPSA) is 55.3 Å². The fraction of sp³-hybridized carbons (Fsp3) is 0.667. The van der Waals surface area contributed by atoms with E-state index < -0.39 is 0 Å². The Balaban J connectivity index is 1.53. The van der Waals surface area contributed by atoms with Crippen LogP contribution >= 0.6 is 11.6 Å². The van der Waals surface area contributed by atoms with Crippen LogP contribution in [0.5, 0.6) is 5.75 Å². The maximum absolute atomic E-state index is 6.08. The monoisotopic (exact) mass is 409 g/mol. The summed E-state index contributed by atoms with van der Waals surface area (Å²) >= 11 is 6.05. The van der Waals surface area contributed by atoms with E-state index in [4.69, 9.17) is 30.8 Å². The molecule has 2 aliphatic rings. The van der Waals surface area contributed by atoms with Crippen molar-refractivity contribution in [1.29, 1.82) is 0 Å². The molecule has 0 aromatic heterocycles. The van der Waals surface area contributed by atoms with Crippen LogP contribution in [-0.4, -0.2) is 63.0 Å². The summed E-state index contributed by atoms with van der Waals surface area (Å²) in [5, 5.41) is 4.08. The number of guanidine groups is 1. The van der Waals surface area contributed by atoms with Crippen molar-refractivity contribution in [2.75, 3.05) is 40.0 Å². The highest BCUT2D eigenvalue weighted by molar-refractivity contribution is 6.30. The molecular weight excluding hydrogens is 378 g/mol. The van der Waals surface area contributed by atoms with Crippen molar-refractivity contribution in [2.24, 2.45) is 4.99 Å². The molecule has 1 atom stereocenters. The molecule has 2 saturated heterocycles. The van der Waals surface area contributed by atoms with Crippen molar-refractivity contribution in [3.05, 3.63) is 28.8 Å². The van der Waals surface area contributed by atoms with Crippen LogP contribution < -0.4 is 10.1 Å². The van der Waals surface area contributed by atoms with Crippen LogP contribution in [0.4, 0.5) is 0 Å². The zero-order valence-corrected chi connectivity index (χ0v) is 17.7. The highest BCUT2D eigenvalue weighted by atomic mass is 35.5. The molecule has 0 amide bonds. The largest absolute Gasteiger partial charge is 0.496 e. The van der Waals surface area contributed by atoms with Gasteiger partial charge < -0.3 is 24.4 Å². The number of ether oxygens (including phenoxy) is 3. The third-order valence-corrected chi connectivity index (χ3v) is 5.50. The molecule has 1 N–H and O–H groups in total.